The zero-order valence-electron chi connectivity index (χ0n) is 37.0. The van der Waals surface area contributed by atoms with Crippen LogP contribution in [0.3, 0.4) is 0 Å². The number of hydrogen-bond donors (Lipinski definition) is 3. The average Bonchev–Trinajstić information content (AvgIpc) is 3.07. The van der Waals surface area contributed by atoms with Crippen LogP contribution in [-0.4, -0.2) is 15.3 Å². The largest absolute Gasteiger partial charge is 0.507 e. The fourth-order valence-corrected chi connectivity index (χ4v) is 7.97. The fourth-order valence-electron chi connectivity index (χ4n) is 7.97. The van der Waals surface area contributed by atoms with Crippen molar-refractivity contribution in [1.82, 2.24) is 0 Å². The van der Waals surface area contributed by atoms with E-state index in [1.54, 1.807) is 0 Å². The molecule has 0 atom stereocenters. The summed E-state index contributed by atoms with van der Waals surface area (Å²) in [6.07, 6.45) is 0. The van der Waals surface area contributed by atoms with Gasteiger partial charge in [-0.05, 0) is 102 Å². The Morgan fingerprint density at radius 1 is 0.278 bits per heavy atom. The van der Waals surface area contributed by atoms with E-state index < -0.39 is 16.2 Å². The van der Waals surface area contributed by atoms with Gasteiger partial charge < -0.3 is 15.3 Å². The number of phenols is 3. The normalized spacial score (nSPS) is 13.1. The van der Waals surface area contributed by atoms with E-state index in [-0.39, 0.29) is 35.5 Å². The second kappa shape index (κ2) is 15.4. The molecule has 0 saturated heterocycles. The number of phenolic OH excluding ortho intramolecular Hbond substituents is 3. The summed E-state index contributed by atoms with van der Waals surface area (Å²) in [4.78, 5) is 0. The molecule has 0 aliphatic rings. The van der Waals surface area contributed by atoms with Crippen LogP contribution in [0, 0.1) is 0 Å². The monoisotopic (exact) mass is 733 g/mol. The second-order valence-electron chi connectivity index (χ2n) is 19.6. The summed E-state index contributed by atoms with van der Waals surface area (Å²) >= 11 is 0. The molecule has 0 radical (unpaired) electrons. The zero-order chi connectivity index (χ0) is 41.0. The SMILES string of the molecule is CC(C)c1cc(C(C)(C)c2cc(C(C)(C)c3cc(C(C)C)c(O)c(C(C)C)c3)cc(C(C)(C)c3cc(C(C)C)c(O)c(C(C)C)c3)c2)cc(C(C)C)c1O. The molecule has 0 unspecified atom stereocenters. The summed E-state index contributed by atoms with van der Waals surface area (Å²) in [5, 5.41) is 34.2. The van der Waals surface area contributed by atoms with E-state index in [2.05, 4.69) is 179 Å². The van der Waals surface area contributed by atoms with Gasteiger partial charge in [0.25, 0.3) is 0 Å². The minimum atomic E-state index is -0.403. The summed E-state index contributed by atoms with van der Waals surface area (Å²) in [6.45, 7) is 39.8. The third-order valence-corrected chi connectivity index (χ3v) is 12.5. The highest BCUT2D eigenvalue weighted by atomic mass is 16.3. The standard InChI is InChI=1S/C51H72O3/c1-28(2)40-22-37(23-41(29(3)4)46(40)52)49(13,14)34-19-35(50(15,16)38-24-42(30(5)6)47(53)43(25-38)31(7)8)21-36(20-34)51(17,18)39-26-44(32(9)10)48(54)45(27-39)33(11)12/h19-33,52-54H,1-18H3. The Morgan fingerprint density at radius 3 is 0.537 bits per heavy atom. The van der Waals surface area contributed by atoms with Gasteiger partial charge in [0.05, 0.1) is 0 Å². The molecule has 3 N–H and O–H groups in total. The number of aromatic hydroxyl groups is 3. The van der Waals surface area contributed by atoms with Crippen molar-refractivity contribution >= 4 is 0 Å². The highest BCUT2D eigenvalue weighted by Gasteiger charge is 2.35. The highest BCUT2D eigenvalue weighted by Crippen LogP contribution is 2.47. The van der Waals surface area contributed by atoms with Gasteiger partial charge in [-0.3, -0.25) is 0 Å². The van der Waals surface area contributed by atoms with Crippen LogP contribution >= 0.6 is 0 Å². The molecular weight excluding hydrogens is 661 g/mol. The van der Waals surface area contributed by atoms with Gasteiger partial charge in [0.15, 0.2) is 0 Å². The molecule has 0 spiro atoms. The highest BCUT2D eigenvalue weighted by molar-refractivity contribution is 5.57. The van der Waals surface area contributed by atoms with E-state index in [0.29, 0.717) is 17.2 Å². The summed E-state index contributed by atoms with van der Waals surface area (Å²) in [5.74, 6) is 2.32. The van der Waals surface area contributed by atoms with Crippen LogP contribution in [-0.2, 0) is 16.2 Å². The van der Waals surface area contributed by atoms with E-state index in [0.717, 1.165) is 33.4 Å². The first-order valence-electron chi connectivity index (χ1n) is 20.5. The lowest BCUT2D eigenvalue weighted by molar-refractivity contribution is 0.452. The molecule has 4 aromatic carbocycles. The maximum absolute atomic E-state index is 11.4. The molecule has 0 bridgehead atoms. The van der Waals surface area contributed by atoms with Crippen LogP contribution in [0.5, 0.6) is 17.2 Å². The van der Waals surface area contributed by atoms with E-state index in [1.807, 2.05) is 0 Å². The smallest absolute Gasteiger partial charge is 0.122 e. The summed E-state index contributed by atoms with van der Waals surface area (Å²) in [6, 6.07) is 20.6. The van der Waals surface area contributed by atoms with Crippen molar-refractivity contribution in [3.8, 4) is 17.2 Å². The predicted octanol–water partition coefficient (Wildman–Crippen LogP) is 14.5. The van der Waals surface area contributed by atoms with E-state index in [9.17, 15) is 15.3 Å². The van der Waals surface area contributed by atoms with Crippen molar-refractivity contribution in [1.29, 1.82) is 0 Å². The second-order valence-corrected chi connectivity index (χ2v) is 19.6. The van der Waals surface area contributed by atoms with Crippen molar-refractivity contribution in [2.45, 2.75) is 176 Å². The van der Waals surface area contributed by atoms with Gasteiger partial charge in [0.2, 0.25) is 0 Å². The van der Waals surface area contributed by atoms with Crippen LogP contribution in [0.1, 0.15) is 227 Å². The van der Waals surface area contributed by atoms with Crippen molar-refractivity contribution in [3.63, 3.8) is 0 Å². The number of hydrogen-bond acceptors (Lipinski definition) is 3. The van der Waals surface area contributed by atoms with Crippen molar-refractivity contribution in [3.05, 3.63) is 121 Å². The molecule has 3 nitrogen and oxygen atoms in total. The Bertz CT molecular complexity index is 1650. The van der Waals surface area contributed by atoms with Crippen molar-refractivity contribution in [2.75, 3.05) is 0 Å². The maximum Gasteiger partial charge on any atom is 0.122 e. The van der Waals surface area contributed by atoms with Crippen LogP contribution in [0.15, 0.2) is 54.6 Å². The van der Waals surface area contributed by atoms with E-state index >= 15 is 0 Å². The first kappa shape index (κ1) is 43.0. The molecule has 0 fully saturated rings. The summed E-state index contributed by atoms with van der Waals surface area (Å²) in [5.41, 5.74) is 11.9. The average molecular weight is 733 g/mol. The summed E-state index contributed by atoms with van der Waals surface area (Å²) in [7, 11) is 0. The van der Waals surface area contributed by atoms with E-state index in [1.165, 1.54) is 33.4 Å². The molecule has 0 aromatic heterocycles. The van der Waals surface area contributed by atoms with Gasteiger partial charge in [0.1, 0.15) is 17.2 Å². The zero-order valence-corrected chi connectivity index (χ0v) is 37.0. The molecule has 0 aliphatic heterocycles. The molecule has 54 heavy (non-hydrogen) atoms. The molecule has 3 heteroatoms. The molecule has 0 saturated carbocycles. The lowest BCUT2D eigenvalue weighted by Crippen LogP contribution is -2.27. The van der Waals surface area contributed by atoms with Crippen LogP contribution < -0.4 is 0 Å². The predicted molar refractivity (Wildman–Crippen MR) is 232 cm³/mol. The van der Waals surface area contributed by atoms with Gasteiger partial charge in [-0.1, -0.05) is 179 Å². The number of rotatable bonds is 12. The van der Waals surface area contributed by atoms with Gasteiger partial charge in [-0.2, -0.15) is 0 Å². The quantitative estimate of drug-likeness (QED) is 0.136. The fraction of sp³-hybridized carbons (Fsp3) is 0.529. The van der Waals surface area contributed by atoms with Crippen LogP contribution in [0.4, 0.5) is 0 Å². The lowest BCUT2D eigenvalue weighted by atomic mass is 9.68. The third kappa shape index (κ3) is 7.98. The Labute approximate surface area is 329 Å². The molecular formula is C51H72O3. The molecule has 0 heterocycles. The minimum absolute atomic E-state index is 0.178. The lowest BCUT2D eigenvalue weighted by Gasteiger charge is -2.36. The minimum Gasteiger partial charge on any atom is -0.507 e. The van der Waals surface area contributed by atoms with Gasteiger partial charge in [-0.15, -0.1) is 0 Å². The molecule has 0 amide bonds. The van der Waals surface area contributed by atoms with Crippen molar-refractivity contribution in [2.24, 2.45) is 0 Å². The Balaban J connectivity index is 2.13. The van der Waals surface area contributed by atoms with Crippen molar-refractivity contribution < 1.29 is 15.3 Å². The third-order valence-electron chi connectivity index (χ3n) is 12.5. The molecule has 4 rings (SSSR count). The first-order valence-corrected chi connectivity index (χ1v) is 20.5. The van der Waals surface area contributed by atoms with Crippen LogP contribution in [0.25, 0.3) is 0 Å². The molecule has 4 aromatic rings. The van der Waals surface area contributed by atoms with Gasteiger partial charge in [-0.25, -0.2) is 0 Å². The summed E-state index contributed by atoms with van der Waals surface area (Å²) < 4.78 is 0. The molecule has 294 valence electrons. The Morgan fingerprint density at radius 2 is 0.407 bits per heavy atom. The first-order chi connectivity index (χ1) is 24.7. The van der Waals surface area contributed by atoms with Crippen LogP contribution in [0.2, 0.25) is 0 Å². The van der Waals surface area contributed by atoms with Gasteiger partial charge >= 0.3 is 0 Å². The van der Waals surface area contributed by atoms with E-state index in [4.69, 9.17) is 0 Å². The number of benzene rings is 4. The molecule has 0 aliphatic carbocycles. The Kier molecular flexibility index (Phi) is 12.3. The topological polar surface area (TPSA) is 60.7 Å². The Hall–Kier alpha value is -3.72. The van der Waals surface area contributed by atoms with Gasteiger partial charge in [0, 0.05) is 16.2 Å². The maximum atomic E-state index is 11.4.